The highest BCUT2D eigenvalue weighted by Crippen LogP contribution is 2.28. The molecule has 0 aromatic heterocycles. The summed E-state index contributed by atoms with van der Waals surface area (Å²) in [6, 6.07) is 4.86. The van der Waals surface area contributed by atoms with Crippen LogP contribution in [0.2, 0.25) is 0 Å². The molecule has 128 valence electrons. The summed E-state index contributed by atoms with van der Waals surface area (Å²) in [5, 5.41) is 11.4. The lowest BCUT2D eigenvalue weighted by molar-refractivity contribution is -0.137. The molecule has 0 heterocycles. The SMILES string of the molecule is CCOCCOc1ccc(Br)cc1NC(=O)N(C)CCC(=O)O. The van der Waals surface area contributed by atoms with Gasteiger partial charge >= 0.3 is 12.0 Å². The molecule has 0 spiro atoms. The number of carbonyl (C=O) groups is 2. The predicted octanol–water partition coefficient (Wildman–Crippen LogP) is 2.80. The van der Waals surface area contributed by atoms with Crippen LogP contribution in [0.15, 0.2) is 22.7 Å². The number of nitrogens with zero attached hydrogens (tertiary/aromatic N) is 1. The molecule has 0 saturated heterocycles. The fourth-order valence-corrected chi connectivity index (χ4v) is 2.02. The minimum atomic E-state index is -0.952. The molecule has 2 amide bonds. The number of hydrogen-bond acceptors (Lipinski definition) is 4. The van der Waals surface area contributed by atoms with Crippen LogP contribution in [0.1, 0.15) is 13.3 Å². The fraction of sp³-hybridized carbons (Fsp3) is 0.467. The van der Waals surface area contributed by atoms with Crippen LogP contribution >= 0.6 is 15.9 Å². The van der Waals surface area contributed by atoms with Crippen molar-refractivity contribution < 1.29 is 24.2 Å². The molecule has 1 aromatic rings. The van der Waals surface area contributed by atoms with E-state index < -0.39 is 12.0 Å². The third-order valence-electron chi connectivity index (χ3n) is 2.88. The number of rotatable bonds is 9. The van der Waals surface area contributed by atoms with Crippen molar-refractivity contribution in [2.45, 2.75) is 13.3 Å². The molecule has 0 atom stereocenters. The molecule has 1 aromatic carbocycles. The van der Waals surface area contributed by atoms with Crippen molar-refractivity contribution in [1.29, 1.82) is 0 Å². The molecule has 1 rings (SSSR count). The summed E-state index contributed by atoms with van der Waals surface area (Å²) in [6.45, 7) is 3.46. The topological polar surface area (TPSA) is 88.1 Å². The number of carbonyl (C=O) groups excluding carboxylic acids is 1. The quantitative estimate of drug-likeness (QED) is 0.635. The maximum atomic E-state index is 12.1. The van der Waals surface area contributed by atoms with E-state index in [-0.39, 0.29) is 13.0 Å². The van der Waals surface area contributed by atoms with Crippen LogP contribution in [0.4, 0.5) is 10.5 Å². The predicted molar refractivity (Wildman–Crippen MR) is 90.0 cm³/mol. The number of halogens is 1. The van der Waals surface area contributed by atoms with Crippen molar-refractivity contribution >= 4 is 33.6 Å². The number of carboxylic acid groups (broad SMARTS) is 1. The molecule has 0 saturated carbocycles. The van der Waals surface area contributed by atoms with Crippen LogP contribution in [-0.4, -0.2) is 55.4 Å². The van der Waals surface area contributed by atoms with Gasteiger partial charge in [-0.15, -0.1) is 0 Å². The Morgan fingerprint density at radius 3 is 2.74 bits per heavy atom. The van der Waals surface area contributed by atoms with Crippen molar-refractivity contribution in [2.24, 2.45) is 0 Å². The zero-order valence-corrected chi connectivity index (χ0v) is 14.8. The van der Waals surface area contributed by atoms with Gasteiger partial charge in [0.2, 0.25) is 0 Å². The van der Waals surface area contributed by atoms with Crippen molar-refractivity contribution in [3.63, 3.8) is 0 Å². The number of anilines is 1. The number of benzene rings is 1. The normalized spacial score (nSPS) is 10.2. The van der Waals surface area contributed by atoms with Crippen LogP contribution in [0.3, 0.4) is 0 Å². The van der Waals surface area contributed by atoms with E-state index in [1.165, 1.54) is 11.9 Å². The summed E-state index contributed by atoms with van der Waals surface area (Å²) in [7, 11) is 1.53. The minimum absolute atomic E-state index is 0.111. The molecule has 0 aliphatic carbocycles. The van der Waals surface area contributed by atoms with Gasteiger partial charge in [-0.25, -0.2) is 4.79 Å². The maximum absolute atomic E-state index is 12.1. The van der Waals surface area contributed by atoms with E-state index in [4.69, 9.17) is 14.6 Å². The van der Waals surface area contributed by atoms with Gasteiger partial charge in [0.1, 0.15) is 12.4 Å². The number of amides is 2. The van der Waals surface area contributed by atoms with E-state index in [0.29, 0.717) is 31.3 Å². The molecule has 2 N–H and O–H groups in total. The van der Waals surface area contributed by atoms with Gasteiger partial charge in [-0.1, -0.05) is 15.9 Å². The second-order valence-corrected chi connectivity index (χ2v) is 5.60. The van der Waals surface area contributed by atoms with E-state index >= 15 is 0 Å². The lowest BCUT2D eigenvalue weighted by Crippen LogP contribution is -2.33. The molecule has 8 heteroatoms. The zero-order chi connectivity index (χ0) is 17.2. The van der Waals surface area contributed by atoms with Crippen molar-refractivity contribution in [1.82, 2.24) is 4.90 Å². The summed E-state index contributed by atoms with van der Waals surface area (Å²) < 4.78 is 11.6. The van der Waals surface area contributed by atoms with Crippen LogP contribution in [-0.2, 0) is 9.53 Å². The van der Waals surface area contributed by atoms with Crippen molar-refractivity contribution in [3.8, 4) is 5.75 Å². The summed E-state index contributed by atoms with van der Waals surface area (Å²) in [5.41, 5.74) is 0.503. The lowest BCUT2D eigenvalue weighted by Gasteiger charge is -2.19. The van der Waals surface area contributed by atoms with Crippen LogP contribution in [0.5, 0.6) is 5.75 Å². The Morgan fingerprint density at radius 2 is 2.09 bits per heavy atom. The average Bonchev–Trinajstić information content (AvgIpc) is 2.50. The number of urea groups is 1. The number of carboxylic acids is 1. The summed E-state index contributed by atoms with van der Waals surface area (Å²) >= 11 is 3.34. The highest BCUT2D eigenvalue weighted by molar-refractivity contribution is 9.10. The van der Waals surface area contributed by atoms with Crippen molar-refractivity contribution in [2.75, 3.05) is 38.7 Å². The Balaban J connectivity index is 2.67. The van der Waals surface area contributed by atoms with Crippen LogP contribution in [0, 0.1) is 0 Å². The van der Waals surface area contributed by atoms with E-state index in [9.17, 15) is 9.59 Å². The fourth-order valence-electron chi connectivity index (χ4n) is 1.66. The number of nitrogens with one attached hydrogen (secondary N) is 1. The molecule has 0 unspecified atom stereocenters. The molecular weight excluding hydrogens is 368 g/mol. The van der Waals surface area contributed by atoms with Gasteiger partial charge in [0.25, 0.3) is 0 Å². The van der Waals surface area contributed by atoms with Gasteiger partial charge in [0.05, 0.1) is 18.7 Å². The first-order chi connectivity index (χ1) is 10.9. The molecule has 0 fully saturated rings. The van der Waals surface area contributed by atoms with Crippen LogP contribution in [0.25, 0.3) is 0 Å². The summed E-state index contributed by atoms with van der Waals surface area (Å²) in [5.74, 6) is -0.431. The second kappa shape index (κ2) is 10.1. The minimum Gasteiger partial charge on any atom is -0.489 e. The molecule has 0 bridgehead atoms. The number of hydrogen-bond donors (Lipinski definition) is 2. The van der Waals surface area contributed by atoms with Gasteiger partial charge < -0.3 is 24.8 Å². The Hall–Kier alpha value is -1.80. The molecule has 23 heavy (non-hydrogen) atoms. The number of aliphatic carboxylic acids is 1. The molecule has 0 aliphatic rings. The first kappa shape index (κ1) is 19.2. The largest absolute Gasteiger partial charge is 0.489 e. The second-order valence-electron chi connectivity index (χ2n) is 4.68. The van der Waals surface area contributed by atoms with E-state index in [1.807, 2.05) is 6.92 Å². The Bertz CT molecular complexity index is 539. The standard InChI is InChI=1S/C15H21BrN2O5/c1-3-22-8-9-23-13-5-4-11(16)10-12(13)17-15(21)18(2)7-6-14(19)20/h4-5,10H,3,6-9H2,1-2H3,(H,17,21)(H,19,20). The lowest BCUT2D eigenvalue weighted by atomic mass is 10.3. The maximum Gasteiger partial charge on any atom is 0.321 e. The Morgan fingerprint density at radius 1 is 1.35 bits per heavy atom. The third kappa shape index (κ3) is 7.34. The number of ether oxygens (including phenoxy) is 2. The van der Waals surface area contributed by atoms with E-state index in [0.717, 1.165) is 4.47 Å². The highest BCUT2D eigenvalue weighted by Gasteiger charge is 2.13. The molecule has 0 radical (unpaired) electrons. The first-order valence-electron chi connectivity index (χ1n) is 7.18. The van der Waals surface area contributed by atoms with Crippen LogP contribution < -0.4 is 10.1 Å². The zero-order valence-electron chi connectivity index (χ0n) is 13.2. The third-order valence-corrected chi connectivity index (χ3v) is 3.37. The summed E-state index contributed by atoms with van der Waals surface area (Å²) in [6.07, 6.45) is -0.111. The highest BCUT2D eigenvalue weighted by atomic mass is 79.9. The van der Waals surface area contributed by atoms with Gasteiger partial charge in [-0.3, -0.25) is 4.79 Å². The average molecular weight is 389 g/mol. The molecule has 0 aliphatic heterocycles. The smallest absolute Gasteiger partial charge is 0.321 e. The molecule has 7 nitrogen and oxygen atoms in total. The first-order valence-corrected chi connectivity index (χ1v) is 7.97. The van der Waals surface area contributed by atoms with Gasteiger partial charge in [0.15, 0.2) is 0 Å². The van der Waals surface area contributed by atoms with Gasteiger partial charge in [0, 0.05) is 24.7 Å². The summed E-state index contributed by atoms with van der Waals surface area (Å²) in [4.78, 5) is 24.0. The molecular formula is C15H21BrN2O5. The van der Waals surface area contributed by atoms with E-state index in [1.54, 1.807) is 18.2 Å². The van der Waals surface area contributed by atoms with Gasteiger partial charge in [-0.2, -0.15) is 0 Å². The monoisotopic (exact) mass is 388 g/mol. The Kier molecular flexibility index (Phi) is 8.42. The Labute approximate surface area is 143 Å². The van der Waals surface area contributed by atoms with Gasteiger partial charge in [-0.05, 0) is 25.1 Å². The van der Waals surface area contributed by atoms with Crippen molar-refractivity contribution in [3.05, 3.63) is 22.7 Å². The van der Waals surface area contributed by atoms with E-state index in [2.05, 4.69) is 21.2 Å².